The number of ether oxygens (including phenoxy) is 1. The van der Waals surface area contributed by atoms with Crippen molar-refractivity contribution in [3.63, 3.8) is 0 Å². The Hall–Kier alpha value is -1.80. The molecule has 0 aliphatic rings. The first-order valence-corrected chi connectivity index (χ1v) is 6.38. The normalized spacial score (nSPS) is 9.22. The van der Waals surface area contributed by atoms with Crippen LogP contribution in [0.25, 0.3) is 0 Å². The van der Waals surface area contributed by atoms with Crippen LogP contribution in [0.5, 0.6) is 0 Å². The molecule has 0 radical (unpaired) electrons. The highest BCUT2D eigenvalue weighted by atomic mass is 32.2. The fraction of sp³-hybridized carbons (Fsp3) is 0.308. The molecule has 0 atom stereocenters. The van der Waals surface area contributed by atoms with Crippen LogP contribution in [0.2, 0.25) is 0 Å². The third kappa shape index (κ3) is 5.02. The van der Waals surface area contributed by atoms with Gasteiger partial charge in [0.15, 0.2) is 5.12 Å². The summed E-state index contributed by atoms with van der Waals surface area (Å²) in [5.41, 5.74) is 0.729. The van der Waals surface area contributed by atoms with Gasteiger partial charge in [0.1, 0.15) is 11.4 Å². The van der Waals surface area contributed by atoms with E-state index in [4.69, 9.17) is 4.74 Å². The molecule has 0 saturated carbocycles. The summed E-state index contributed by atoms with van der Waals surface area (Å²) in [6, 6.07) is 4.98. The predicted octanol–water partition coefficient (Wildman–Crippen LogP) is 1.89. The maximum absolute atomic E-state index is 11.4. The van der Waals surface area contributed by atoms with Gasteiger partial charge in [0.25, 0.3) is 0 Å². The van der Waals surface area contributed by atoms with E-state index in [1.54, 1.807) is 25.1 Å². The third-order valence-electron chi connectivity index (χ3n) is 1.80. The van der Waals surface area contributed by atoms with E-state index in [0.717, 1.165) is 11.8 Å². The Bertz CT molecular complexity index is 502. The van der Waals surface area contributed by atoms with Crippen molar-refractivity contribution in [2.24, 2.45) is 0 Å². The average molecular weight is 263 g/mol. The molecule has 0 bridgehead atoms. The SMILES string of the molecule is CCOC(=O)c1cccc(C#CCSC(C)=O)n1. The zero-order chi connectivity index (χ0) is 13.4. The maximum atomic E-state index is 11.4. The molecule has 0 saturated heterocycles. The summed E-state index contributed by atoms with van der Waals surface area (Å²) in [6.07, 6.45) is 0. The minimum Gasteiger partial charge on any atom is -0.461 e. The van der Waals surface area contributed by atoms with Crippen LogP contribution in [0.15, 0.2) is 18.2 Å². The van der Waals surface area contributed by atoms with Gasteiger partial charge < -0.3 is 4.74 Å². The summed E-state index contributed by atoms with van der Waals surface area (Å²) in [4.78, 5) is 26.2. The number of thioether (sulfide) groups is 1. The zero-order valence-electron chi connectivity index (χ0n) is 10.2. The largest absolute Gasteiger partial charge is 0.461 e. The van der Waals surface area contributed by atoms with Gasteiger partial charge in [-0.25, -0.2) is 9.78 Å². The lowest BCUT2D eigenvalue weighted by atomic mass is 10.3. The highest BCUT2D eigenvalue weighted by Gasteiger charge is 2.07. The second kappa shape index (κ2) is 7.51. The number of hydrogen-bond donors (Lipinski definition) is 0. The van der Waals surface area contributed by atoms with Crippen LogP contribution in [0.3, 0.4) is 0 Å². The molecule has 0 aromatic carbocycles. The summed E-state index contributed by atoms with van der Waals surface area (Å²) >= 11 is 1.14. The molecule has 0 spiro atoms. The van der Waals surface area contributed by atoms with E-state index in [1.165, 1.54) is 6.92 Å². The smallest absolute Gasteiger partial charge is 0.356 e. The van der Waals surface area contributed by atoms with Gasteiger partial charge >= 0.3 is 5.97 Å². The Kier molecular flexibility index (Phi) is 5.95. The topological polar surface area (TPSA) is 56.3 Å². The van der Waals surface area contributed by atoms with E-state index in [2.05, 4.69) is 16.8 Å². The lowest BCUT2D eigenvalue weighted by molar-refractivity contribution is -0.109. The van der Waals surface area contributed by atoms with Crippen molar-refractivity contribution < 1.29 is 14.3 Å². The highest BCUT2D eigenvalue weighted by molar-refractivity contribution is 8.13. The van der Waals surface area contributed by atoms with E-state index in [-0.39, 0.29) is 10.8 Å². The molecule has 5 heteroatoms. The Morgan fingerprint density at radius 3 is 2.89 bits per heavy atom. The van der Waals surface area contributed by atoms with Gasteiger partial charge in [-0.3, -0.25) is 4.79 Å². The molecule has 1 heterocycles. The van der Waals surface area contributed by atoms with Crippen molar-refractivity contribution in [2.75, 3.05) is 12.4 Å². The zero-order valence-corrected chi connectivity index (χ0v) is 11.0. The molecule has 1 rings (SSSR count). The number of hydrogen-bond acceptors (Lipinski definition) is 5. The molecular formula is C13H13NO3S. The molecule has 0 N–H and O–H groups in total. The first-order chi connectivity index (χ1) is 8.63. The summed E-state index contributed by atoms with van der Waals surface area (Å²) in [6.45, 7) is 3.54. The molecule has 1 aromatic rings. The Labute approximate surface area is 110 Å². The van der Waals surface area contributed by atoms with E-state index in [1.807, 2.05) is 0 Å². The van der Waals surface area contributed by atoms with Crippen molar-refractivity contribution in [2.45, 2.75) is 13.8 Å². The maximum Gasteiger partial charge on any atom is 0.356 e. The standard InChI is InChI=1S/C13H13NO3S/c1-3-17-13(16)12-8-4-6-11(14-12)7-5-9-18-10(2)15/h4,6,8H,3,9H2,1-2H3. The van der Waals surface area contributed by atoms with Gasteiger partial charge in [0, 0.05) is 6.92 Å². The summed E-state index contributed by atoms with van der Waals surface area (Å²) in [5.74, 6) is 5.56. The van der Waals surface area contributed by atoms with Crippen molar-refractivity contribution in [1.29, 1.82) is 0 Å². The lowest BCUT2D eigenvalue weighted by Crippen LogP contribution is -2.07. The van der Waals surface area contributed by atoms with Crippen LogP contribution >= 0.6 is 11.8 Å². The van der Waals surface area contributed by atoms with E-state index < -0.39 is 5.97 Å². The van der Waals surface area contributed by atoms with Gasteiger partial charge in [-0.2, -0.15) is 0 Å². The molecule has 0 aliphatic heterocycles. The lowest BCUT2D eigenvalue weighted by Gasteiger charge is -2.00. The fourth-order valence-corrected chi connectivity index (χ4v) is 1.44. The minimum atomic E-state index is -0.459. The van der Waals surface area contributed by atoms with E-state index in [0.29, 0.717) is 18.1 Å². The van der Waals surface area contributed by atoms with Crippen LogP contribution in [0.4, 0.5) is 0 Å². The van der Waals surface area contributed by atoms with Crippen molar-refractivity contribution in [3.8, 4) is 11.8 Å². The second-order valence-corrected chi connectivity index (χ2v) is 4.36. The monoisotopic (exact) mass is 263 g/mol. The summed E-state index contributed by atoms with van der Waals surface area (Å²) in [5, 5.41) is 0.0255. The number of nitrogens with zero attached hydrogens (tertiary/aromatic N) is 1. The molecular weight excluding hydrogens is 250 g/mol. The van der Waals surface area contributed by atoms with Gasteiger partial charge in [-0.1, -0.05) is 23.7 Å². The Balaban J connectivity index is 2.70. The second-order valence-electron chi connectivity index (χ2n) is 3.21. The first kappa shape index (κ1) is 14.3. The number of esters is 1. The Morgan fingerprint density at radius 1 is 1.44 bits per heavy atom. The first-order valence-electron chi connectivity index (χ1n) is 5.40. The van der Waals surface area contributed by atoms with Crippen LogP contribution in [0, 0.1) is 11.8 Å². The van der Waals surface area contributed by atoms with Gasteiger partial charge in [-0.15, -0.1) is 0 Å². The van der Waals surface area contributed by atoms with Crippen LogP contribution in [0.1, 0.15) is 30.0 Å². The van der Waals surface area contributed by atoms with Crippen molar-refractivity contribution >= 4 is 22.8 Å². The number of carbonyl (C=O) groups is 2. The molecule has 0 aliphatic carbocycles. The quantitative estimate of drug-likeness (QED) is 0.615. The number of pyridine rings is 1. The van der Waals surface area contributed by atoms with E-state index >= 15 is 0 Å². The minimum absolute atomic E-state index is 0.0255. The predicted molar refractivity (Wildman–Crippen MR) is 70.2 cm³/mol. The molecule has 0 unspecified atom stereocenters. The van der Waals surface area contributed by atoms with Crippen LogP contribution < -0.4 is 0 Å². The molecule has 0 amide bonds. The van der Waals surface area contributed by atoms with Gasteiger partial charge in [-0.05, 0) is 25.0 Å². The van der Waals surface area contributed by atoms with Crippen molar-refractivity contribution in [3.05, 3.63) is 29.6 Å². The summed E-state index contributed by atoms with van der Waals surface area (Å²) in [7, 11) is 0. The fourth-order valence-electron chi connectivity index (χ4n) is 1.09. The van der Waals surface area contributed by atoms with Gasteiger partial charge in [0.05, 0.1) is 12.4 Å². The number of rotatable bonds is 3. The third-order valence-corrected chi connectivity index (χ3v) is 2.49. The van der Waals surface area contributed by atoms with Crippen molar-refractivity contribution in [1.82, 2.24) is 4.98 Å². The Morgan fingerprint density at radius 2 is 2.22 bits per heavy atom. The molecule has 4 nitrogen and oxygen atoms in total. The van der Waals surface area contributed by atoms with Crippen LogP contribution in [-0.4, -0.2) is 28.4 Å². The average Bonchev–Trinajstić information content (AvgIpc) is 2.35. The molecule has 1 aromatic heterocycles. The highest BCUT2D eigenvalue weighted by Crippen LogP contribution is 2.02. The molecule has 18 heavy (non-hydrogen) atoms. The van der Waals surface area contributed by atoms with E-state index in [9.17, 15) is 9.59 Å². The van der Waals surface area contributed by atoms with Gasteiger partial charge in [0.2, 0.25) is 0 Å². The number of carbonyl (C=O) groups excluding carboxylic acids is 2. The van der Waals surface area contributed by atoms with Crippen LogP contribution in [-0.2, 0) is 9.53 Å². The summed E-state index contributed by atoms with van der Waals surface area (Å²) < 4.78 is 4.84. The molecule has 94 valence electrons. The number of aromatic nitrogens is 1. The molecule has 0 fully saturated rings.